The monoisotopic (exact) mass is 379 g/mol. The molecule has 28 heavy (non-hydrogen) atoms. The Labute approximate surface area is 162 Å². The highest BCUT2D eigenvalue weighted by atomic mass is 16.3. The van der Waals surface area contributed by atoms with Gasteiger partial charge in [-0.25, -0.2) is 4.79 Å². The van der Waals surface area contributed by atoms with E-state index in [1.165, 1.54) is 6.92 Å². The van der Waals surface area contributed by atoms with Crippen molar-refractivity contribution in [1.82, 2.24) is 16.0 Å². The van der Waals surface area contributed by atoms with E-state index in [0.29, 0.717) is 17.2 Å². The second-order valence-electron chi connectivity index (χ2n) is 7.46. The first-order valence-corrected chi connectivity index (χ1v) is 9.20. The summed E-state index contributed by atoms with van der Waals surface area (Å²) < 4.78 is 0. The smallest absolute Gasteiger partial charge is 0.322 e. The number of urea groups is 1. The molecule has 1 saturated carbocycles. The predicted molar refractivity (Wildman–Crippen MR) is 102 cm³/mol. The van der Waals surface area contributed by atoms with Crippen molar-refractivity contribution >= 4 is 17.8 Å². The van der Waals surface area contributed by atoms with E-state index in [2.05, 4.69) is 16.0 Å². The van der Waals surface area contributed by atoms with Crippen LogP contribution in [0, 0.1) is 0 Å². The number of aliphatic hydroxyl groups is 1. The molecule has 1 saturated heterocycles. The van der Waals surface area contributed by atoms with Gasteiger partial charge in [-0.05, 0) is 48.6 Å². The second-order valence-corrected chi connectivity index (χ2v) is 7.46. The number of carbonyl (C=O) groups is 3. The standard InChI is InChI=1S/C21H21N3O4/c1-21(19(27)23-20(28)24-21)17(25)14-6-2-12(3-7-14)13-4-8-15(9-5-13)18(26)22-16-10-11-16/h2-9,16-17,25H,10-11H2,1H3,(H,22,26)(H2,23,24,27,28). The lowest BCUT2D eigenvalue weighted by Crippen LogP contribution is -2.49. The van der Waals surface area contributed by atoms with Crippen LogP contribution in [-0.4, -0.2) is 34.5 Å². The van der Waals surface area contributed by atoms with E-state index in [9.17, 15) is 19.5 Å². The van der Waals surface area contributed by atoms with Gasteiger partial charge in [0.2, 0.25) is 0 Å². The van der Waals surface area contributed by atoms with Gasteiger partial charge in [-0.15, -0.1) is 0 Å². The fourth-order valence-electron chi connectivity index (χ4n) is 3.25. The molecular weight excluding hydrogens is 358 g/mol. The minimum absolute atomic E-state index is 0.0577. The van der Waals surface area contributed by atoms with Gasteiger partial charge in [0.25, 0.3) is 11.8 Å². The van der Waals surface area contributed by atoms with Crippen molar-refractivity contribution in [3.8, 4) is 11.1 Å². The predicted octanol–water partition coefficient (Wildman–Crippen LogP) is 1.88. The average molecular weight is 379 g/mol. The number of amides is 4. The zero-order valence-electron chi connectivity index (χ0n) is 15.4. The van der Waals surface area contributed by atoms with Crippen LogP contribution in [0.5, 0.6) is 0 Å². The lowest BCUT2D eigenvalue weighted by Gasteiger charge is -2.27. The van der Waals surface area contributed by atoms with Crippen LogP contribution in [0.4, 0.5) is 4.79 Å². The normalized spacial score (nSPS) is 22.4. The number of benzene rings is 2. The van der Waals surface area contributed by atoms with Crippen molar-refractivity contribution in [2.24, 2.45) is 0 Å². The number of nitrogens with one attached hydrogen (secondary N) is 3. The summed E-state index contributed by atoms with van der Waals surface area (Å²) in [5, 5.41) is 18.2. The molecule has 2 unspecified atom stereocenters. The van der Waals surface area contributed by atoms with Gasteiger partial charge in [0, 0.05) is 11.6 Å². The third kappa shape index (κ3) is 3.36. The largest absolute Gasteiger partial charge is 0.385 e. The lowest BCUT2D eigenvalue weighted by molar-refractivity contribution is -0.127. The molecule has 1 aliphatic heterocycles. The highest BCUT2D eigenvalue weighted by Crippen LogP contribution is 2.30. The molecule has 2 aliphatic rings. The van der Waals surface area contributed by atoms with Crippen LogP contribution in [0.3, 0.4) is 0 Å². The Balaban J connectivity index is 1.49. The first-order valence-electron chi connectivity index (χ1n) is 9.20. The van der Waals surface area contributed by atoms with Gasteiger partial charge >= 0.3 is 6.03 Å². The summed E-state index contributed by atoms with van der Waals surface area (Å²) in [5.74, 6) is -0.619. The van der Waals surface area contributed by atoms with E-state index in [1.54, 1.807) is 24.3 Å². The molecule has 2 aromatic rings. The molecule has 1 heterocycles. The summed E-state index contributed by atoms with van der Waals surface area (Å²) in [4.78, 5) is 35.4. The molecule has 4 amide bonds. The van der Waals surface area contributed by atoms with Crippen LogP contribution in [0.15, 0.2) is 48.5 Å². The Kier molecular flexibility index (Phi) is 4.39. The average Bonchev–Trinajstić information content (AvgIpc) is 3.46. The van der Waals surface area contributed by atoms with Crippen LogP contribution in [-0.2, 0) is 4.79 Å². The van der Waals surface area contributed by atoms with Gasteiger partial charge < -0.3 is 15.7 Å². The molecule has 4 rings (SSSR count). The fraction of sp³-hybridized carbons (Fsp3) is 0.286. The number of imide groups is 1. The highest BCUT2D eigenvalue weighted by Gasteiger charge is 2.48. The molecule has 0 radical (unpaired) electrons. The molecule has 4 N–H and O–H groups in total. The molecule has 7 nitrogen and oxygen atoms in total. The van der Waals surface area contributed by atoms with Gasteiger partial charge in [-0.1, -0.05) is 36.4 Å². The summed E-state index contributed by atoms with van der Waals surface area (Å²) >= 11 is 0. The second kappa shape index (κ2) is 6.76. The highest BCUT2D eigenvalue weighted by molar-refractivity contribution is 6.07. The zero-order chi connectivity index (χ0) is 19.9. The number of aliphatic hydroxyl groups excluding tert-OH is 1. The van der Waals surface area contributed by atoms with E-state index in [0.717, 1.165) is 24.0 Å². The third-order valence-corrected chi connectivity index (χ3v) is 5.24. The van der Waals surface area contributed by atoms with Crippen molar-refractivity contribution in [3.05, 3.63) is 59.7 Å². The van der Waals surface area contributed by atoms with E-state index in [4.69, 9.17) is 0 Å². The lowest BCUT2D eigenvalue weighted by atomic mass is 9.88. The van der Waals surface area contributed by atoms with E-state index in [-0.39, 0.29) is 5.91 Å². The van der Waals surface area contributed by atoms with Crippen LogP contribution < -0.4 is 16.0 Å². The minimum atomic E-state index is -1.41. The van der Waals surface area contributed by atoms with Gasteiger partial charge in [0.15, 0.2) is 0 Å². The van der Waals surface area contributed by atoms with E-state index in [1.807, 2.05) is 24.3 Å². The summed E-state index contributed by atoms with van der Waals surface area (Å²) in [6.45, 7) is 1.48. The van der Waals surface area contributed by atoms with Gasteiger partial charge in [-0.3, -0.25) is 14.9 Å². The van der Waals surface area contributed by atoms with Crippen LogP contribution in [0.2, 0.25) is 0 Å². The van der Waals surface area contributed by atoms with Crippen LogP contribution >= 0.6 is 0 Å². The zero-order valence-corrected chi connectivity index (χ0v) is 15.4. The molecule has 1 aliphatic carbocycles. The minimum Gasteiger partial charge on any atom is -0.385 e. The van der Waals surface area contributed by atoms with Gasteiger partial charge in [0.1, 0.15) is 11.6 Å². The van der Waals surface area contributed by atoms with Crippen molar-refractivity contribution in [1.29, 1.82) is 0 Å². The molecule has 2 aromatic carbocycles. The SMILES string of the molecule is CC1(C(O)c2ccc(-c3ccc(C(=O)NC4CC4)cc3)cc2)NC(=O)NC1=O. The molecule has 144 valence electrons. The van der Waals surface area contributed by atoms with Crippen molar-refractivity contribution in [2.45, 2.75) is 37.5 Å². The first kappa shape index (κ1) is 18.2. The molecule has 7 heteroatoms. The van der Waals surface area contributed by atoms with Crippen molar-refractivity contribution < 1.29 is 19.5 Å². The number of hydrogen-bond acceptors (Lipinski definition) is 4. The maximum atomic E-state index is 12.1. The Morgan fingerprint density at radius 2 is 1.64 bits per heavy atom. The van der Waals surface area contributed by atoms with Crippen molar-refractivity contribution in [3.63, 3.8) is 0 Å². The topological polar surface area (TPSA) is 108 Å². The summed E-state index contributed by atoms with van der Waals surface area (Å²) in [6.07, 6.45) is 0.917. The Morgan fingerprint density at radius 3 is 2.14 bits per heavy atom. The van der Waals surface area contributed by atoms with Crippen LogP contribution in [0.1, 0.15) is 41.8 Å². The quantitative estimate of drug-likeness (QED) is 0.595. The maximum absolute atomic E-state index is 12.1. The molecule has 0 bridgehead atoms. The summed E-state index contributed by atoms with van der Waals surface area (Å²) in [5.41, 5.74) is 1.58. The number of carbonyl (C=O) groups excluding carboxylic acids is 3. The van der Waals surface area contributed by atoms with Crippen LogP contribution in [0.25, 0.3) is 11.1 Å². The molecule has 0 spiro atoms. The first-order chi connectivity index (χ1) is 13.4. The van der Waals surface area contributed by atoms with Crippen molar-refractivity contribution in [2.75, 3.05) is 0 Å². The molecule has 2 atom stereocenters. The maximum Gasteiger partial charge on any atom is 0.322 e. The van der Waals surface area contributed by atoms with Gasteiger partial charge in [0.05, 0.1) is 0 Å². The number of rotatable bonds is 5. The fourth-order valence-corrected chi connectivity index (χ4v) is 3.25. The Morgan fingerprint density at radius 1 is 1.07 bits per heavy atom. The molecule has 0 aromatic heterocycles. The number of hydrogen-bond donors (Lipinski definition) is 4. The molecule has 2 fully saturated rings. The van der Waals surface area contributed by atoms with E-state index < -0.39 is 23.6 Å². The Hall–Kier alpha value is -3.19. The Bertz CT molecular complexity index is 935. The molecular formula is C21H21N3O4. The summed E-state index contributed by atoms with van der Waals surface area (Å²) in [7, 11) is 0. The summed E-state index contributed by atoms with van der Waals surface area (Å²) in [6, 6.07) is 14.1. The van der Waals surface area contributed by atoms with Gasteiger partial charge in [-0.2, -0.15) is 0 Å². The third-order valence-electron chi connectivity index (χ3n) is 5.24. The van der Waals surface area contributed by atoms with E-state index >= 15 is 0 Å².